The summed E-state index contributed by atoms with van der Waals surface area (Å²) >= 11 is 0. The lowest BCUT2D eigenvalue weighted by molar-refractivity contribution is 0.0784. The summed E-state index contributed by atoms with van der Waals surface area (Å²) in [5.41, 5.74) is 3.66. The van der Waals surface area contributed by atoms with Crippen molar-refractivity contribution in [1.29, 1.82) is 0 Å². The summed E-state index contributed by atoms with van der Waals surface area (Å²) < 4.78 is 16.6. The predicted molar refractivity (Wildman–Crippen MR) is 117 cm³/mol. The van der Waals surface area contributed by atoms with Crippen LogP contribution in [0, 0.1) is 0 Å². The van der Waals surface area contributed by atoms with Crippen LogP contribution >= 0.6 is 0 Å². The van der Waals surface area contributed by atoms with Gasteiger partial charge in [-0.3, -0.25) is 4.79 Å². The fourth-order valence-corrected chi connectivity index (χ4v) is 3.19. The minimum absolute atomic E-state index is 0.0451. The number of hydrogen-bond acceptors (Lipinski definition) is 4. The molecule has 0 saturated heterocycles. The summed E-state index contributed by atoms with van der Waals surface area (Å²) in [6, 6.07) is 23.2. The highest BCUT2D eigenvalue weighted by molar-refractivity contribution is 5.94. The van der Waals surface area contributed by atoms with E-state index in [4.69, 9.17) is 14.2 Å². The lowest BCUT2D eigenvalue weighted by Gasteiger charge is -2.19. The number of hydrogen-bond donors (Lipinski definition) is 0. The molecular weight excluding hydrogens is 378 g/mol. The van der Waals surface area contributed by atoms with E-state index in [1.807, 2.05) is 72.8 Å². The van der Waals surface area contributed by atoms with E-state index in [1.54, 1.807) is 26.2 Å². The first kappa shape index (κ1) is 21.4. The first-order valence-electron chi connectivity index (χ1n) is 9.77. The van der Waals surface area contributed by atoms with E-state index in [0.717, 1.165) is 16.7 Å². The van der Waals surface area contributed by atoms with Crippen molar-refractivity contribution in [3.63, 3.8) is 0 Å². The van der Waals surface area contributed by atoms with Gasteiger partial charge in [0.25, 0.3) is 5.91 Å². The molecule has 0 aliphatic rings. The SMILES string of the molecule is COCc1cccc(C(=O)N(C)Cc2ccc(OCc3ccccc3)c(OC)c2)c1. The van der Waals surface area contributed by atoms with Gasteiger partial charge in [-0.25, -0.2) is 0 Å². The van der Waals surface area contributed by atoms with Gasteiger partial charge in [0.15, 0.2) is 11.5 Å². The van der Waals surface area contributed by atoms with Crippen LogP contribution in [0.2, 0.25) is 0 Å². The van der Waals surface area contributed by atoms with Gasteiger partial charge < -0.3 is 19.1 Å². The predicted octanol–water partition coefficient (Wildman–Crippen LogP) is 4.69. The Morgan fingerprint density at radius 3 is 2.30 bits per heavy atom. The molecule has 0 bridgehead atoms. The molecule has 1 amide bonds. The van der Waals surface area contributed by atoms with Gasteiger partial charge in [0, 0.05) is 26.3 Å². The standard InChI is InChI=1S/C25H27NO4/c1-26(25(27)22-11-7-10-21(14-22)17-28-2)16-20-12-13-23(24(15-20)29-3)30-18-19-8-5-4-6-9-19/h4-15H,16-18H2,1-3H3. The van der Waals surface area contributed by atoms with Crippen LogP contribution in [0.4, 0.5) is 0 Å². The highest BCUT2D eigenvalue weighted by atomic mass is 16.5. The molecule has 0 fully saturated rings. The summed E-state index contributed by atoms with van der Waals surface area (Å²) in [5.74, 6) is 1.27. The number of amides is 1. The van der Waals surface area contributed by atoms with Gasteiger partial charge in [-0.2, -0.15) is 0 Å². The zero-order chi connectivity index (χ0) is 21.3. The Morgan fingerprint density at radius 1 is 0.800 bits per heavy atom. The zero-order valence-corrected chi connectivity index (χ0v) is 17.6. The van der Waals surface area contributed by atoms with Crippen LogP contribution in [0.15, 0.2) is 72.8 Å². The van der Waals surface area contributed by atoms with Gasteiger partial charge in [-0.1, -0.05) is 48.5 Å². The summed E-state index contributed by atoms with van der Waals surface area (Å²) in [6.45, 7) is 1.40. The number of carbonyl (C=O) groups excluding carboxylic acids is 1. The minimum Gasteiger partial charge on any atom is -0.493 e. The molecule has 0 unspecified atom stereocenters. The average Bonchev–Trinajstić information content (AvgIpc) is 2.78. The third kappa shape index (κ3) is 5.61. The van der Waals surface area contributed by atoms with Crippen molar-refractivity contribution in [1.82, 2.24) is 4.90 Å². The maximum Gasteiger partial charge on any atom is 0.253 e. The van der Waals surface area contributed by atoms with E-state index in [2.05, 4.69) is 0 Å². The molecular formula is C25H27NO4. The molecule has 3 aromatic carbocycles. The second-order valence-electron chi connectivity index (χ2n) is 7.05. The van der Waals surface area contributed by atoms with Crippen LogP contribution < -0.4 is 9.47 Å². The van der Waals surface area contributed by atoms with E-state index < -0.39 is 0 Å². The number of carbonyl (C=O) groups is 1. The van der Waals surface area contributed by atoms with Crippen molar-refractivity contribution in [2.24, 2.45) is 0 Å². The maximum atomic E-state index is 12.8. The van der Waals surface area contributed by atoms with E-state index in [9.17, 15) is 4.79 Å². The molecule has 5 heteroatoms. The molecule has 156 valence electrons. The van der Waals surface area contributed by atoms with Crippen LogP contribution in [0.5, 0.6) is 11.5 Å². The number of ether oxygens (including phenoxy) is 3. The van der Waals surface area contributed by atoms with Crippen LogP contribution in [0.1, 0.15) is 27.0 Å². The average molecular weight is 405 g/mol. The second kappa shape index (κ2) is 10.5. The van der Waals surface area contributed by atoms with Crippen LogP contribution in [0.3, 0.4) is 0 Å². The third-order valence-electron chi connectivity index (χ3n) is 4.72. The molecule has 0 aliphatic heterocycles. The summed E-state index contributed by atoms with van der Waals surface area (Å²) in [5, 5.41) is 0. The quantitative estimate of drug-likeness (QED) is 0.518. The maximum absolute atomic E-state index is 12.8. The van der Waals surface area contributed by atoms with Crippen molar-refractivity contribution in [2.75, 3.05) is 21.3 Å². The van der Waals surface area contributed by atoms with Gasteiger partial charge >= 0.3 is 0 Å². The normalized spacial score (nSPS) is 10.5. The second-order valence-corrected chi connectivity index (χ2v) is 7.05. The van der Waals surface area contributed by atoms with Gasteiger partial charge in [0.05, 0.1) is 13.7 Å². The number of nitrogens with zero attached hydrogens (tertiary/aromatic N) is 1. The zero-order valence-electron chi connectivity index (χ0n) is 17.6. The van der Waals surface area contributed by atoms with Crippen molar-refractivity contribution >= 4 is 5.91 Å². The Bertz CT molecular complexity index is 972. The molecule has 0 heterocycles. The first-order valence-corrected chi connectivity index (χ1v) is 9.77. The number of methoxy groups -OCH3 is 2. The van der Waals surface area contributed by atoms with Crippen LogP contribution in [-0.2, 0) is 24.5 Å². The van der Waals surface area contributed by atoms with E-state index in [0.29, 0.717) is 36.8 Å². The van der Waals surface area contributed by atoms with Crippen molar-refractivity contribution < 1.29 is 19.0 Å². The molecule has 3 aromatic rings. The Hall–Kier alpha value is -3.31. The van der Waals surface area contributed by atoms with Crippen molar-refractivity contribution in [3.8, 4) is 11.5 Å². The van der Waals surface area contributed by atoms with E-state index >= 15 is 0 Å². The first-order chi connectivity index (χ1) is 14.6. The molecule has 0 N–H and O–H groups in total. The van der Waals surface area contributed by atoms with Crippen molar-refractivity contribution in [3.05, 3.63) is 95.1 Å². The fraction of sp³-hybridized carbons (Fsp3) is 0.240. The third-order valence-corrected chi connectivity index (χ3v) is 4.72. The van der Waals surface area contributed by atoms with E-state index in [-0.39, 0.29) is 5.91 Å². The van der Waals surface area contributed by atoms with E-state index in [1.165, 1.54) is 0 Å². The molecule has 0 spiro atoms. The summed E-state index contributed by atoms with van der Waals surface area (Å²) in [4.78, 5) is 14.5. The lowest BCUT2D eigenvalue weighted by Crippen LogP contribution is -2.26. The minimum atomic E-state index is -0.0451. The Balaban J connectivity index is 1.67. The smallest absolute Gasteiger partial charge is 0.253 e. The van der Waals surface area contributed by atoms with Crippen LogP contribution in [0.25, 0.3) is 0 Å². The number of rotatable bonds is 9. The van der Waals surface area contributed by atoms with Crippen LogP contribution in [-0.4, -0.2) is 32.1 Å². The molecule has 0 aromatic heterocycles. The fourth-order valence-electron chi connectivity index (χ4n) is 3.19. The molecule has 0 atom stereocenters. The molecule has 30 heavy (non-hydrogen) atoms. The Labute approximate surface area is 177 Å². The monoisotopic (exact) mass is 405 g/mol. The molecule has 0 radical (unpaired) electrons. The van der Waals surface area contributed by atoms with Crippen molar-refractivity contribution in [2.45, 2.75) is 19.8 Å². The largest absolute Gasteiger partial charge is 0.493 e. The van der Waals surface area contributed by atoms with Gasteiger partial charge in [-0.15, -0.1) is 0 Å². The molecule has 3 rings (SSSR count). The lowest BCUT2D eigenvalue weighted by atomic mass is 10.1. The highest BCUT2D eigenvalue weighted by Gasteiger charge is 2.14. The number of benzene rings is 3. The summed E-state index contributed by atoms with van der Waals surface area (Å²) in [6.07, 6.45) is 0. The summed E-state index contributed by atoms with van der Waals surface area (Å²) in [7, 11) is 5.05. The van der Waals surface area contributed by atoms with Gasteiger partial charge in [0.2, 0.25) is 0 Å². The van der Waals surface area contributed by atoms with Gasteiger partial charge in [-0.05, 0) is 41.0 Å². The Kier molecular flexibility index (Phi) is 7.46. The molecule has 0 saturated carbocycles. The molecule has 0 aliphatic carbocycles. The Morgan fingerprint density at radius 2 is 1.57 bits per heavy atom. The highest BCUT2D eigenvalue weighted by Crippen LogP contribution is 2.29. The topological polar surface area (TPSA) is 48.0 Å². The van der Waals surface area contributed by atoms with Gasteiger partial charge in [0.1, 0.15) is 6.61 Å². The molecule has 5 nitrogen and oxygen atoms in total.